The van der Waals surface area contributed by atoms with Gasteiger partial charge in [0.1, 0.15) is 16.0 Å². The number of hydrogen-bond acceptors (Lipinski definition) is 3. The van der Waals surface area contributed by atoms with Crippen LogP contribution in [0.5, 0.6) is 0 Å². The largest absolute Gasteiger partial charge is 0.380 e. The molecule has 0 bridgehead atoms. The maximum absolute atomic E-state index is 12.8. The second-order valence-electron chi connectivity index (χ2n) is 3.02. The first kappa shape index (κ1) is 9.05. The van der Waals surface area contributed by atoms with E-state index in [9.17, 15) is 9.50 Å². The van der Waals surface area contributed by atoms with Crippen LogP contribution in [0.3, 0.4) is 0 Å². The molecule has 1 N–H and O–H groups in total. The molecular formula is C8H7BrFNO2. The molecular weight excluding hydrogens is 241 g/mol. The Kier molecular flexibility index (Phi) is 2.09. The summed E-state index contributed by atoms with van der Waals surface area (Å²) in [4.78, 5) is 3.75. The summed E-state index contributed by atoms with van der Waals surface area (Å²) in [6, 6.07) is 1.26. The summed E-state index contributed by atoms with van der Waals surface area (Å²) in [5.41, 5.74) is -0.632. The van der Waals surface area contributed by atoms with Gasteiger partial charge in [-0.05, 0) is 22.0 Å². The van der Waals surface area contributed by atoms with Gasteiger partial charge >= 0.3 is 0 Å². The van der Waals surface area contributed by atoms with Gasteiger partial charge in [0, 0.05) is 5.56 Å². The monoisotopic (exact) mass is 247 g/mol. The van der Waals surface area contributed by atoms with Crippen LogP contribution in [-0.2, 0) is 10.3 Å². The Morgan fingerprint density at radius 3 is 2.85 bits per heavy atom. The summed E-state index contributed by atoms with van der Waals surface area (Å²) < 4.78 is 18.1. The minimum absolute atomic E-state index is 0.191. The van der Waals surface area contributed by atoms with Crippen LogP contribution >= 0.6 is 15.9 Å². The molecule has 0 aliphatic carbocycles. The molecule has 0 amide bonds. The molecule has 2 heterocycles. The highest BCUT2D eigenvalue weighted by Gasteiger charge is 2.40. The maximum Gasteiger partial charge on any atom is 0.141 e. The first-order valence-electron chi connectivity index (χ1n) is 3.73. The van der Waals surface area contributed by atoms with Gasteiger partial charge in [-0.25, -0.2) is 9.37 Å². The molecule has 0 aromatic carbocycles. The van der Waals surface area contributed by atoms with Crippen molar-refractivity contribution in [1.82, 2.24) is 4.98 Å². The van der Waals surface area contributed by atoms with E-state index in [0.29, 0.717) is 10.2 Å². The van der Waals surface area contributed by atoms with Gasteiger partial charge in [-0.1, -0.05) is 0 Å². The second-order valence-corrected chi connectivity index (χ2v) is 3.77. The molecule has 3 nitrogen and oxygen atoms in total. The SMILES string of the molecule is OC1(c2cc(F)cnc2Br)COC1. The molecule has 0 unspecified atom stereocenters. The molecule has 1 aliphatic heterocycles. The quantitative estimate of drug-likeness (QED) is 0.759. The van der Waals surface area contributed by atoms with Crippen molar-refractivity contribution >= 4 is 15.9 Å². The fourth-order valence-electron chi connectivity index (χ4n) is 1.20. The standard InChI is InChI=1S/C8H7BrFNO2/c9-7-6(1-5(10)2-11-7)8(12)3-13-4-8/h1-2,12H,3-4H2. The molecule has 0 saturated carbocycles. The summed E-state index contributed by atoms with van der Waals surface area (Å²) >= 11 is 3.15. The molecule has 0 spiro atoms. The van der Waals surface area contributed by atoms with Crippen molar-refractivity contribution in [1.29, 1.82) is 0 Å². The maximum atomic E-state index is 12.8. The molecule has 5 heteroatoms. The lowest BCUT2D eigenvalue weighted by Gasteiger charge is -2.36. The number of nitrogens with zero attached hydrogens (tertiary/aromatic N) is 1. The summed E-state index contributed by atoms with van der Waals surface area (Å²) in [6.07, 6.45) is 1.09. The lowest BCUT2D eigenvalue weighted by Crippen LogP contribution is -2.46. The summed E-state index contributed by atoms with van der Waals surface area (Å²) in [5.74, 6) is -0.460. The first-order valence-corrected chi connectivity index (χ1v) is 4.53. The Morgan fingerprint density at radius 2 is 2.31 bits per heavy atom. The predicted molar refractivity (Wildman–Crippen MR) is 46.6 cm³/mol. The Balaban J connectivity index is 2.43. The zero-order chi connectivity index (χ0) is 9.47. The molecule has 1 aromatic heterocycles. The van der Waals surface area contributed by atoms with Gasteiger partial charge in [-0.3, -0.25) is 0 Å². The van der Waals surface area contributed by atoms with Crippen LogP contribution in [0.15, 0.2) is 16.9 Å². The van der Waals surface area contributed by atoms with Gasteiger partial charge in [-0.2, -0.15) is 0 Å². The van der Waals surface area contributed by atoms with Crippen LogP contribution in [0.1, 0.15) is 5.56 Å². The number of rotatable bonds is 1. The van der Waals surface area contributed by atoms with Crippen LogP contribution in [0, 0.1) is 5.82 Å². The summed E-state index contributed by atoms with van der Waals surface area (Å²) in [5, 5.41) is 9.82. The highest BCUT2D eigenvalue weighted by Crippen LogP contribution is 2.33. The zero-order valence-electron chi connectivity index (χ0n) is 6.63. The van der Waals surface area contributed by atoms with E-state index in [2.05, 4.69) is 20.9 Å². The van der Waals surface area contributed by atoms with E-state index < -0.39 is 11.4 Å². The molecule has 1 fully saturated rings. The number of aliphatic hydroxyl groups is 1. The van der Waals surface area contributed by atoms with E-state index in [4.69, 9.17) is 4.74 Å². The number of ether oxygens (including phenoxy) is 1. The molecule has 1 aromatic rings. The normalized spacial score (nSPS) is 19.6. The zero-order valence-corrected chi connectivity index (χ0v) is 8.21. The molecule has 13 heavy (non-hydrogen) atoms. The first-order chi connectivity index (χ1) is 6.12. The second kappa shape index (κ2) is 3.01. The van der Waals surface area contributed by atoms with Crippen molar-refractivity contribution in [3.05, 3.63) is 28.2 Å². The molecule has 70 valence electrons. The average Bonchev–Trinajstić information content (AvgIpc) is 2.05. The van der Waals surface area contributed by atoms with Gasteiger partial charge in [0.05, 0.1) is 19.4 Å². The van der Waals surface area contributed by atoms with E-state index in [1.807, 2.05) is 0 Å². The van der Waals surface area contributed by atoms with Gasteiger partial charge in [-0.15, -0.1) is 0 Å². The summed E-state index contributed by atoms with van der Waals surface area (Å²) in [7, 11) is 0. The lowest BCUT2D eigenvalue weighted by molar-refractivity contribution is -0.185. The van der Waals surface area contributed by atoms with E-state index in [0.717, 1.165) is 6.20 Å². The van der Waals surface area contributed by atoms with Gasteiger partial charge < -0.3 is 9.84 Å². The van der Waals surface area contributed by atoms with Crippen LogP contribution in [0.2, 0.25) is 0 Å². The van der Waals surface area contributed by atoms with E-state index in [-0.39, 0.29) is 13.2 Å². The topological polar surface area (TPSA) is 42.4 Å². The van der Waals surface area contributed by atoms with Crippen molar-refractivity contribution < 1.29 is 14.2 Å². The van der Waals surface area contributed by atoms with E-state index >= 15 is 0 Å². The average molecular weight is 248 g/mol. The highest BCUT2D eigenvalue weighted by molar-refractivity contribution is 9.10. The number of aromatic nitrogens is 1. The van der Waals surface area contributed by atoms with Crippen molar-refractivity contribution in [2.24, 2.45) is 0 Å². The molecule has 1 aliphatic rings. The Labute approximate surface area is 82.7 Å². The molecule has 2 rings (SSSR count). The van der Waals surface area contributed by atoms with Gasteiger partial charge in [0.15, 0.2) is 0 Å². The third-order valence-electron chi connectivity index (χ3n) is 1.99. The van der Waals surface area contributed by atoms with Crippen molar-refractivity contribution in [3.8, 4) is 0 Å². The predicted octanol–water partition coefficient (Wildman–Crippen LogP) is 1.20. The van der Waals surface area contributed by atoms with Gasteiger partial charge in [0.2, 0.25) is 0 Å². The summed E-state index contributed by atoms with van der Waals surface area (Å²) in [6.45, 7) is 0.382. The van der Waals surface area contributed by atoms with E-state index in [1.54, 1.807) is 0 Å². The Morgan fingerprint density at radius 1 is 1.62 bits per heavy atom. The third kappa shape index (κ3) is 1.47. The lowest BCUT2D eigenvalue weighted by atomic mass is 9.94. The number of halogens is 2. The van der Waals surface area contributed by atoms with Gasteiger partial charge in [0.25, 0.3) is 0 Å². The van der Waals surface area contributed by atoms with Crippen molar-refractivity contribution in [3.63, 3.8) is 0 Å². The minimum atomic E-state index is -1.08. The van der Waals surface area contributed by atoms with Crippen LogP contribution in [0.4, 0.5) is 4.39 Å². The molecule has 0 atom stereocenters. The van der Waals surface area contributed by atoms with Crippen molar-refractivity contribution in [2.45, 2.75) is 5.60 Å². The molecule has 1 saturated heterocycles. The van der Waals surface area contributed by atoms with Crippen LogP contribution in [0.25, 0.3) is 0 Å². The minimum Gasteiger partial charge on any atom is -0.380 e. The van der Waals surface area contributed by atoms with Crippen LogP contribution < -0.4 is 0 Å². The Hall–Kier alpha value is -0.520. The Bertz CT molecular complexity index is 341. The fraction of sp³-hybridized carbons (Fsp3) is 0.375. The van der Waals surface area contributed by atoms with Crippen LogP contribution in [-0.4, -0.2) is 23.3 Å². The van der Waals surface area contributed by atoms with Crippen molar-refractivity contribution in [2.75, 3.05) is 13.2 Å². The number of hydrogen-bond donors (Lipinski definition) is 1. The number of pyridine rings is 1. The van der Waals surface area contributed by atoms with E-state index in [1.165, 1.54) is 6.07 Å². The smallest absolute Gasteiger partial charge is 0.141 e. The fourth-order valence-corrected chi connectivity index (χ4v) is 1.79. The highest BCUT2D eigenvalue weighted by atomic mass is 79.9. The third-order valence-corrected chi connectivity index (χ3v) is 2.62. The molecule has 0 radical (unpaired) electrons.